The van der Waals surface area contributed by atoms with Crippen molar-refractivity contribution in [3.8, 4) is 11.6 Å². The number of sulfonamides is 1. The van der Waals surface area contributed by atoms with Crippen molar-refractivity contribution in [2.45, 2.75) is 131 Å². The largest absolute Gasteiger partial charge is 0.491 e. The molecule has 17 heteroatoms. The number of benzene rings is 1. The van der Waals surface area contributed by atoms with Gasteiger partial charge in [0.15, 0.2) is 0 Å². The second kappa shape index (κ2) is 17.8. The van der Waals surface area contributed by atoms with E-state index in [9.17, 15) is 27.6 Å². The normalized spacial score (nSPS) is 31.2. The Morgan fingerprint density at radius 2 is 1.76 bits per heavy atom. The predicted octanol–water partition coefficient (Wildman–Crippen LogP) is 4.14. The first-order valence-corrected chi connectivity index (χ1v) is 24.7. The summed E-state index contributed by atoms with van der Waals surface area (Å²) in [7, 11) is -4.01. The number of rotatable bonds is 11. The van der Waals surface area contributed by atoms with Crippen LogP contribution in [0.4, 0.5) is 4.79 Å². The molecule has 9 rings (SSSR count). The number of alkyl carbamates (subject to hydrolysis) is 1. The Morgan fingerprint density at radius 1 is 1.02 bits per heavy atom. The zero-order chi connectivity index (χ0) is 43.9. The molecule has 63 heavy (non-hydrogen) atoms. The van der Waals surface area contributed by atoms with E-state index in [1.807, 2.05) is 24.3 Å². The zero-order valence-electron chi connectivity index (χ0n) is 36.3. The summed E-state index contributed by atoms with van der Waals surface area (Å²) in [5.41, 5.74) is -0.0408. The Bertz CT molecular complexity index is 2210. The number of pyridine rings is 1. The van der Waals surface area contributed by atoms with E-state index in [0.29, 0.717) is 56.2 Å². The Kier molecular flexibility index (Phi) is 12.4. The Balaban J connectivity index is 1.04. The number of nitrogens with one attached hydrogen (secondary N) is 3. The standard InChI is InChI=1S/C46H62N6O10S/c1-3-31-27-46(31,43(55)50-63(57,58)45(2)17-18-45)49-40(53)36-26-32-28-52(36)42(54)38(29-11-7-8-12-29)48-44(56)62-37-25-30(37)13-5-4-6-15-34-39(60-24-21-51-19-22-59-23-20-51)33-14-9-10-16-35(33)47-41(34)61-32/h3,9-10,14,16,29-32,36-38H,1,4-8,11-13,15,17-28H2,2H3,(H,48,56)(H,49,53)(H,50,55)/t30-,31+,32-,36+,37-,38+,46-/m1/s1. The highest BCUT2D eigenvalue weighted by atomic mass is 32.2. The summed E-state index contributed by atoms with van der Waals surface area (Å²) in [4.78, 5) is 65.9. The van der Waals surface area contributed by atoms with Crippen molar-refractivity contribution in [2.24, 2.45) is 17.8 Å². The van der Waals surface area contributed by atoms with Crippen molar-refractivity contribution in [2.75, 3.05) is 46.0 Å². The van der Waals surface area contributed by atoms with E-state index in [-0.39, 0.29) is 37.3 Å². The molecule has 4 aliphatic carbocycles. The van der Waals surface area contributed by atoms with Gasteiger partial charge in [-0.2, -0.15) is 0 Å². The van der Waals surface area contributed by atoms with Gasteiger partial charge in [0.1, 0.15) is 42.2 Å². The Morgan fingerprint density at radius 3 is 2.51 bits per heavy atom. The minimum absolute atomic E-state index is 0.000444. The highest BCUT2D eigenvalue weighted by molar-refractivity contribution is 7.91. The Labute approximate surface area is 369 Å². The van der Waals surface area contributed by atoms with Crippen molar-refractivity contribution in [3.05, 3.63) is 42.5 Å². The third kappa shape index (κ3) is 9.24. The second-order valence-corrected chi connectivity index (χ2v) is 21.3. The molecular formula is C46H62N6O10S. The van der Waals surface area contributed by atoms with Crippen molar-refractivity contribution >= 4 is 44.7 Å². The molecule has 1 aromatic heterocycles. The van der Waals surface area contributed by atoms with Crippen molar-refractivity contribution in [3.63, 3.8) is 0 Å². The number of morpholine rings is 1. The lowest BCUT2D eigenvalue weighted by molar-refractivity contribution is -0.142. The highest BCUT2D eigenvalue weighted by Crippen LogP contribution is 2.47. The number of nitrogens with zero attached hydrogens (tertiary/aromatic N) is 3. The van der Waals surface area contributed by atoms with Crippen molar-refractivity contribution < 1.29 is 46.5 Å². The van der Waals surface area contributed by atoms with E-state index in [1.165, 1.54) is 11.0 Å². The molecule has 7 aliphatic rings. The lowest BCUT2D eigenvalue weighted by Gasteiger charge is -2.32. The maximum Gasteiger partial charge on any atom is 0.408 e. The molecule has 0 radical (unpaired) electrons. The molecular weight excluding hydrogens is 829 g/mol. The van der Waals surface area contributed by atoms with Crippen LogP contribution in [0.3, 0.4) is 0 Å². The number of carbonyl (C=O) groups is 4. The van der Waals surface area contributed by atoms with Crippen LogP contribution in [0.15, 0.2) is 36.9 Å². The average Bonchev–Trinajstić information content (AvgIpc) is 4.22. The van der Waals surface area contributed by atoms with Gasteiger partial charge in [-0.05, 0) is 88.7 Å². The molecule has 0 unspecified atom stereocenters. The van der Waals surface area contributed by atoms with Crippen LogP contribution >= 0.6 is 0 Å². The summed E-state index contributed by atoms with van der Waals surface area (Å²) in [5, 5.41) is 6.70. The summed E-state index contributed by atoms with van der Waals surface area (Å²) in [6, 6.07) is 5.74. The van der Waals surface area contributed by atoms with Crippen LogP contribution in [-0.2, 0) is 40.3 Å². The molecule has 3 N–H and O–H groups in total. The maximum atomic E-state index is 15.0. The van der Waals surface area contributed by atoms with Gasteiger partial charge in [-0.25, -0.2) is 18.2 Å². The SMILES string of the molecule is C=C[C@H]1C[C@]1(NC(=O)[C@@H]1C[C@@H]2CN1C(=O)[C@H](C1CCCC1)NC(=O)O[C@@H]1C[C@H]1CCCCCc1c(nc3ccccc3c1OCCN1CCOCC1)O2)C(=O)NS(=O)(=O)C1(C)CC1. The van der Waals surface area contributed by atoms with Gasteiger partial charge in [0.2, 0.25) is 27.7 Å². The molecule has 2 saturated heterocycles. The molecule has 0 spiro atoms. The number of para-hydroxylation sites is 1. The van der Waals surface area contributed by atoms with Crippen LogP contribution in [0.2, 0.25) is 0 Å². The summed E-state index contributed by atoms with van der Waals surface area (Å²) in [6.07, 6.45) is 9.37. The molecule has 4 heterocycles. The number of hydrogen-bond acceptors (Lipinski definition) is 12. The summed E-state index contributed by atoms with van der Waals surface area (Å²) >= 11 is 0. The molecule has 342 valence electrons. The van der Waals surface area contributed by atoms with Crippen molar-refractivity contribution in [1.82, 2.24) is 30.1 Å². The van der Waals surface area contributed by atoms with Crippen LogP contribution in [0, 0.1) is 17.8 Å². The number of amides is 4. The molecule has 3 aliphatic heterocycles. The average molecular weight is 891 g/mol. The second-order valence-electron chi connectivity index (χ2n) is 19.1. The van der Waals surface area contributed by atoms with Gasteiger partial charge in [-0.1, -0.05) is 43.9 Å². The van der Waals surface area contributed by atoms with Gasteiger partial charge in [-0.3, -0.25) is 24.0 Å². The zero-order valence-corrected chi connectivity index (χ0v) is 37.1. The number of hydrogen-bond donors (Lipinski definition) is 3. The van der Waals surface area contributed by atoms with Crippen LogP contribution in [0.25, 0.3) is 10.9 Å². The van der Waals surface area contributed by atoms with Crippen LogP contribution < -0.4 is 24.8 Å². The van der Waals surface area contributed by atoms with Crippen LogP contribution in [-0.4, -0.2) is 128 Å². The number of ether oxygens (including phenoxy) is 4. The summed E-state index contributed by atoms with van der Waals surface area (Å²) in [5.74, 6) is -1.22. The summed E-state index contributed by atoms with van der Waals surface area (Å²) in [6.45, 7) is 9.67. The van der Waals surface area contributed by atoms with Crippen LogP contribution in [0.5, 0.6) is 11.6 Å². The third-order valence-electron chi connectivity index (χ3n) is 14.7. The first kappa shape index (κ1) is 43.8. The first-order valence-electron chi connectivity index (χ1n) is 23.2. The number of carbonyl (C=O) groups excluding carboxylic acids is 4. The van der Waals surface area contributed by atoms with Crippen molar-refractivity contribution in [1.29, 1.82) is 0 Å². The van der Waals surface area contributed by atoms with E-state index in [0.717, 1.165) is 88.4 Å². The van der Waals surface area contributed by atoms with E-state index in [4.69, 9.17) is 23.9 Å². The molecule has 4 amide bonds. The molecule has 2 bridgehead atoms. The molecule has 7 atom stereocenters. The fourth-order valence-corrected chi connectivity index (χ4v) is 11.4. The maximum absolute atomic E-state index is 15.0. The first-order chi connectivity index (χ1) is 30.4. The minimum Gasteiger partial charge on any atom is -0.491 e. The third-order valence-corrected chi connectivity index (χ3v) is 16.9. The lowest BCUT2D eigenvalue weighted by Crippen LogP contribution is -2.59. The summed E-state index contributed by atoms with van der Waals surface area (Å²) < 4.78 is 52.6. The number of fused-ring (bicyclic) bond motifs is 5. The van der Waals surface area contributed by atoms with Crippen LogP contribution in [0.1, 0.15) is 96.0 Å². The quantitative estimate of drug-likeness (QED) is 0.274. The molecule has 16 nitrogen and oxygen atoms in total. The predicted molar refractivity (Wildman–Crippen MR) is 232 cm³/mol. The highest BCUT2D eigenvalue weighted by Gasteiger charge is 2.63. The van der Waals surface area contributed by atoms with E-state index in [1.54, 1.807) is 6.92 Å². The lowest BCUT2D eigenvalue weighted by atomic mass is 9.96. The van der Waals surface area contributed by atoms with E-state index in [2.05, 4.69) is 26.8 Å². The monoisotopic (exact) mass is 890 g/mol. The fraction of sp³-hybridized carbons (Fsp3) is 0.674. The van der Waals surface area contributed by atoms with Gasteiger partial charge >= 0.3 is 6.09 Å². The minimum atomic E-state index is -4.01. The van der Waals surface area contributed by atoms with Gasteiger partial charge in [0.05, 0.1) is 35.6 Å². The fourth-order valence-electron chi connectivity index (χ4n) is 10.1. The van der Waals surface area contributed by atoms with Gasteiger partial charge in [-0.15, -0.1) is 6.58 Å². The molecule has 1 aromatic carbocycles. The molecule has 6 fully saturated rings. The van der Waals surface area contributed by atoms with Gasteiger partial charge in [0.25, 0.3) is 5.91 Å². The Hall–Kier alpha value is -4.48. The van der Waals surface area contributed by atoms with Gasteiger partial charge in [0, 0.05) is 37.4 Å². The van der Waals surface area contributed by atoms with Gasteiger partial charge < -0.3 is 34.5 Å². The van der Waals surface area contributed by atoms with E-state index < -0.39 is 68.2 Å². The van der Waals surface area contributed by atoms with E-state index >= 15 is 0 Å². The molecule has 2 aromatic rings. The number of aromatic nitrogens is 1. The smallest absolute Gasteiger partial charge is 0.408 e. The molecule has 4 saturated carbocycles. The topological polar surface area (TPSA) is 195 Å².